The van der Waals surface area contributed by atoms with Gasteiger partial charge < -0.3 is 4.18 Å². The third-order valence-corrected chi connectivity index (χ3v) is 5.29. The van der Waals surface area contributed by atoms with Gasteiger partial charge >= 0.3 is 6.18 Å². The van der Waals surface area contributed by atoms with Gasteiger partial charge in [0, 0.05) is 4.90 Å². The van der Waals surface area contributed by atoms with Crippen LogP contribution in [0.15, 0.2) is 59.5 Å². The Kier molecular flexibility index (Phi) is 6.12. The molecule has 0 heterocycles. The van der Waals surface area contributed by atoms with Gasteiger partial charge in [0.2, 0.25) is 11.1 Å². The normalized spacial score (nSPS) is 14.3. The minimum atomic E-state index is -4.47. The number of alkyl halides is 3. The summed E-state index contributed by atoms with van der Waals surface area (Å²) < 4.78 is 56.5. The highest BCUT2D eigenvalue weighted by atomic mass is 32.2. The molecule has 0 aromatic heterocycles. The number of para-hydroxylation sites is 1. The van der Waals surface area contributed by atoms with Crippen molar-refractivity contribution in [3.63, 3.8) is 0 Å². The van der Waals surface area contributed by atoms with Gasteiger partial charge in [0.25, 0.3) is 0 Å². The SMILES string of the molecule is Cc1cccc(S[C@H](CS(=O)Oc2ccccc2)C(F)(F)F)c1. The molecule has 2 nitrogen and oxygen atoms in total. The minimum absolute atomic E-state index is 0.285. The lowest BCUT2D eigenvalue weighted by atomic mass is 10.2. The zero-order valence-electron chi connectivity index (χ0n) is 12.2. The maximum atomic E-state index is 13.2. The fourth-order valence-corrected chi connectivity index (χ4v) is 4.10. The molecule has 0 aliphatic heterocycles. The lowest BCUT2D eigenvalue weighted by Gasteiger charge is -2.19. The molecular formula is C16H15F3O2S2. The van der Waals surface area contributed by atoms with Crippen molar-refractivity contribution in [2.45, 2.75) is 23.2 Å². The molecule has 124 valence electrons. The van der Waals surface area contributed by atoms with Crippen molar-refractivity contribution in [1.82, 2.24) is 0 Å². The third kappa shape index (κ3) is 5.91. The Labute approximate surface area is 139 Å². The van der Waals surface area contributed by atoms with E-state index in [4.69, 9.17) is 4.18 Å². The zero-order chi connectivity index (χ0) is 16.9. The quantitative estimate of drug-likeness (QED) is 0.695. The Morgan fingerprint density at radius 1 is 1.13 bits per heavy atom. The largest absolute Gasteiger partial charge is 0.401 e. The van der Waals surface area contributed by atoms with E-state index in [1.54, 1.807) is 48.5 Å². The molecule has 0 bridgehead atoms. The van der Waals surface area contributed by atoms with Crippen molar-refractivity contribution in [2.24, 2.45) is 0 Å². The lowest BCUT2D eigenvalue weighted by Crippen LogP contribution is -2.32. The topological polar surface area (TPSA) is 26.3 Å². The highest BCUT2D eigenvalue weighted by Gasteiger charge is 2.42. The Morgan fingerprint density at radius 2 is 1.83 bits per heavy atom. The van der Waals surface area contributed by atoms with Gasteiger partial charge in [0.15, 0.2) is 0 Å². The van der Waals surface area contributed by atoms with Gasteiger partial charge in [-0.3, -0.25) is 0 Å². The van der Waals surface area contributed by atoms with Crippen LogP contribution in [0.25, 0.3) is 0 Å². The highest BCUT2D eigenvalue weighted by Crippen LogP contribution is 2.36. The highest BCUT2D eigenvalue weighted by molar-refractivity contribution is 8.00. The fraction of sp³-hybridized carbons (Fsp3) is 0.250. The number of hydrogen-bond donors (Lipinski definition) is 0. The van der Waals surface area contributed by atoms with Crippen molar-refractivity contribution >= 4 is 22.8 Å². The van der Waals surface area contributed by atoms with Crippen LogP contribution in [-0.2, 0) is 11.1 Å². The Balaban J connectivity index is 2.05. The molecule has 2 rings (SSSR count). The van der Waals surface area contributed by atoms with Gasteiger partial charge in [-0.15, -0.1) is 11.8 Å². The molecule has 0 aliphatic carbocycles. The molecule has 0 saturated carbocycles. The second-order valence-corrected chi connectivity index (χ2v) is 7.22. The summed E-state index contributed by atoms with van der Waals surface area (Å²) in [5, 5.41) is -1.80. The van der Waals surface area contributed by atoms with Crippen LogP contribution in [0.2, 0.25) is 0 Å². The Hall–Kier alpha value is -1.47. The summed E-state index contributed by atoms with van der Waals surface area (Å²) in [6, 6.07) is 14.9. The molecule has 1 unspecified atom stereocenters. The molecule has 23 heavy (non-hydrogen) atoms. The molecule has 0 amide bonds. The van der Waals surface area contributed by atoms with Gasteiger partial charge in [0.1, 0.15) is 11.0 Å². The van der Waals surface area contributed by atoms with Gasteiger partial charge in [-0.2, -0.15) is 13.2 Å². The summed E-state index contributed by atoms with van der Waals surface area (Å²) in [4.78, 5) is 0.490. The average molecular weight is 360 g/mol. The van der Waals surface area contributed by atoms with Crippen LogP contribution in [0.1, 0.15) is 5.56 Å². The van der Waals surface area contributed by atoms with E-state index in [9.17, 15) is 17.4 Å². The van der Waals surface area contributed by atoms with Crippen LogP contribution in [0.4, 0.5) is 13.2 Å². The number of hydrogen-bond acceptors (Lipinski definition) is 3. The summed E-state index contributed by atoms with van der Waals surface area (Å²) >= 11 is -1.42. The van der Waals surface area contributed by atoms with E-state index in [1.807, 2.05) is 13.0 Å². The van der Waals surface area contributed by atoms with Crippen LogP contribution < -0.4 is 4.18 Å². The molecule has 7 heteroatoms. The summed E-state index contributed by atoms with van der Waals surface area (Å²) in [6.07, 6.45) is -4.47. The first kappa shape index (κ1) is 17.9. The molecule has 0 radical (unpaired) electrons. The van der Waals surface area contributed by atoms with Gasteiger partial charge in [0.05, 0.1) is 5.75 Å². The van der Waals surface area contributed by atoms with Gasteiger partial charge in [-0.25, -0.2) is 4.21 Å². The van der Waals surface area contributed by atoms with E-state index >= 15 is 0 Å². The number of rotatable bonds is 6. The molecule has 0 spiro atoms. The number of aryl methyl sites for hydroxylation is 1. The number of halogens is 3. The zero-order valence-corrected chi connectivity index (χ0v) is 13.9. The van der Waals surface area contributed by atoms with E-state index in [2.05, 4.69) is 0 Å². The first-order valence-electron chi connectivity index (χ1n) is 6.76. The molecule has 2 aromatic rings. The smallest absolute Gasteiger partial charge is 0.401 e. The predicted octanol–water partition coefficient (Wildman–Crippen LogP) is 4.76. The van der Waals surface area contributed by atoms with E-state index in [0.29, 0.717) is 16.7 Å². The molecule has 0 aliphatic rings. The van der Waals surface area contributed by atoms with Crippen molar-refractivity contribution < 1.29 is 21.6 Å². The first-order valence-corrected chi connectivity index (χ1v) is 8.89. The van der Waals surface area contributed by atoms with Crippen LogP contribution in [0, 0.1) is 6.92 Å². The molecular weight excluding hydrogens is 345 g/mol. The second-order valence-electron chi connectivity index (χ2n) is 4.83. The van der Waals surface area contributed by atoms with E-state index in [1.165, 1.54) is 0 Å². The predicted molar refractivity (Wildman–Crippen MR) is 87.0 cm³/mol. The van der Waals surface area contributed by atoms with Crippen molar-refractivity contribution in [3.05, 3.63) is 60.2 Å². The first-order chi connectivity index (χ1) is 10.8. The summed E-state index contributed by atoms with van der Waals surface area (Å²) in [5.41, 5.74) is 0.873. The summed E-state index contributed by atoms with van der Waals surface area (Å²) in [7, 11) is 0. The Morgan fingerprint density at radius 3 is 2.43 bits per heavy atom. The van der Waals surface area contributed by atoms with E-state index in [0.717, 1.165) is 5.56 Å². The van der Waals surface area contributed by atoms with Crippen LogP contribution >= 0.6 is 11.8 Å². The molecule has 0 N–H and O–H groups in total. The summed E-state index contributed by atoms with van der Waals surface area (Å²) in [6.45, 7) is 1.81. The van der Waals surface area contributed by atoms with Crippen LogP contribution in [-0.4, -0.2) is 21.4 Å². The minimum Gasteiger partial charge on any atom is -0.401 e. The van der Waals surface area contributed by atoms with Gasteiger partial charge in [-0.05, 0) is 31.2 Å². The summed E-state index contributed by atoms with van der Waals surface area (Å²) in [5.74, 6) is -0.343. The molecule has 2 atom stereocenters. The molecule has 0 fully saturated rings. The standard InChI is InChI=1S/C16H15F3O2S2/c1-12-6-5-9-14(10-12)22-15(16(17,18)19)11-23(20)21-13-7-3-2-4-8-13/h2-10,15H,11H2,1H3/t15-,23?/m1/s1. The van der Waals surface area contributed by atoms with Crippen molar-refractivity contribution in [2.75, 3.05) is 5.75 Å². The van der Waals surface area contributed by atoms with E-state index < -0.39 is 28.3 Å². The molecule has 0 saturated heterocycles. The third-order valence-electron chi connectivity index (χ3n) is 2.85. The van der Waals surface area contributed by atoms with Gasteiger partial charge in [-0.1, -0.05) is 35.9 Å². The Bertz CT molecular complexity index is 660. The van der Waals surface area contributed by atoms with Crippen molar-refractivity contribution in [3.8, 4) is 5.75 Å². The van der Waals surface area contributed by atoms with Crippen LogP contribution in [0.3, 0.4) is 0 Å². The second kappa shape index (κ2) is 7.88. The maximum absolute atomic E-state index is 13.2. The van der Waals surface area contributed by atoms with Crippen molar-refractivity contribution in [1.29, 1.82) is 0 Å². The fourth-order valence-electron chi connectivity index (χ4n) is 1.79. The average Bonchev–Trinajstić information content (AvgIpc) is 2.46. The molecule has 2 aromatic carbocycles. The maximum Gasteiger partial charge on any atom is 0.401 e. The number of thioether (sulfide) groups is 1. The number of benzene rings is 2. The lowest BCUT2D eigenvalue weighted by molar-refractivity contribution is -0.124. The van der Waals surface area contributed by atoms with Crippen LogP contribution in [0.5, 0.6) is 5.75 Å². The van der Waals surface area contributed by atoms with E-state index in [-0.39, 0.29) is 5.75 Å². The monoisotopic (exact) mass is 360 g/mol.